The number of hydrogen-bond acceptors (Lipinski definition) is 6. The number of pyridine rings is 1. The second-order valence-corrected chi connectivity index (χ2v) is 5.59. The number of hydrogen-bond donors (Lipinski definition) is 2. The summed E-state index contributed by atoms with van der Waals surface area (Å²) in [5.74, 6) is -0.0374. The average molecular weight is 365 g/mol. The Morgan fingerprint density at radius 1 is 1.11 bits per heavy atom. The van der Waals surface area contributed by atoms with Crippen molar-refractivity contribution in [1.82, 2.24) is 10.3 Å². The molecule has 2 aromatic heterocycles. The van der Waals surface area contributed by atoms with Crippen molar-refractivity contribution in [2.24, 2.45) is 0 Å². The van der Waals surface area contributed by atoms with E-state index in [1.165, 1.54) is 6.20 Å². The molecular weight excluding hydrogens is 346 g/mol. The lowest BCUT2D eigenvalue weighted by molar-refractivity contribution is 0.0527. The van der Waals surface area contributed by atoms with Gasteiger partial charge in [-0.15, -0.1) is 0 Å². The van der Waals surface area contributed by atoms with Crippen LogP contribution in [0.5, 0.6) is 0 Å². The Labute approximate surface area is 156 Å². The highest BCUT2D eigenvalue weighted by atomic mass is 16.5. The second kappa shape index (κ2) is 8.66. The van der Waals surface area contributed by atoms with Gasteiger partial charge in [0.1, 0.15) is 11.5 Å². The fraction of sp³-hybridized carbons (Fsp3) is 0.150. The van der Waals surface area contributed by atoms with Gasteiger partial charge in [0.15, 0.2) is 0 Å². The molecule has 0 bridgehead atoms. The van der Waals surface area contributed by atoms with E-state index in [-0.39, 0.29) is 11.6 Å². The monoisotopic (exact) mass is 365 g/mol. The zero-order valence-corrected chi connectivity index (χ0v) is 14.8. The average Bonchev–Trinajstić information content (AvgIpc) is 3.21. The van der Waals surface area contributed by atoms with Crippen molar-refractivity contribution in [2.45, 2.75) is 13.5 Å². The van der Waals surface area contributed by atoms with Crippen LogP contribution in [0.2, 0.25) is 0 Å². The van der Waals surface area contributed by atoms with Crippen molar-refractivity contribution >= 4 is 23.3 Å². The van der Waals surface area contributed by atoms with E-state index in [1.807, 2.05) is 6.07 Å². The summed E-state index contributed by atoms with van der Waals surface area (Å²) in [6, 6.07) is 13.9. The van der Waals surface area contributed by atoms with Crippen LogP contribution in [0.25, 0.3) is 0 Å². The zero-order valence-electron chi connectivity index (χ0n) is 14.8. The number of carbonyl (C=O) groups is 2. The van der Waals surface area contributed by atoms with Gasteiger partial charge < -0.3 is 19.8 Å². The molecule has 27 heavy (non-hydrogen) atoms. The molecule has 1 aromatic carbocycles. The third-order valence-electron chi connectivity index (χ3n) is 3.70. The Morgan fingerprint density at radius 3 is 2.67 bits per heavy atom. The van der Waals surface area contributed by atoms with E-state index in [9.17, 15) is 9.59 Å². The Balaban J connectivity index is 1.66. The van der Waals surface area contributed by atoms with Gasteiger partial charge in [-0.3, -0.25) is 4.79 Å². The number of benzene rings is 1. The molecule has 0 fully saturated rings. The summed E-state index contributed by atoms with van der Waals surface area (Å²) in [6.07, 6.45) is 3.08. The first kappa shape index (κ1) is 18.2. The SMILES string of the molecule is CCOC(=O)c1ccccc1Nc1ccc(C(=O)NCc2ccco2)nc1. The second-order valence-electron chi connectivity index (χ2n) is 5.59. The number of nitrogens with one attached hydrogen (secondary N) is 2. The van der Waals surface area contributed by atoms with Crippen LogP contribution in [0.3, 0.4) is 0 Å². The van der Waals surface area contributed by atoms with E-state index < -0.39 is 5.97 Å². The number of anilines is 2. The number of para-hydroxylation sites is 1. The Bertz CT molecular complexity index is 905. The van der Waals surface area contributed by atoms with Crippen LogP contribution in [-0.2, 0) is 11.3 Å². The third kappa shape index (κ3) is 4.72. The number of ether oxygens (including phenoxy) is 1. The lowest BCUT2D eigenvalue weighted by Gasteiger charge is -2.11. The standard InChI is InChI=1S/C20H19N3O4/c1-2-26-20(25)16-7-3-4-8-17(16)23-14-9-10-18(21-12-14)19(24)22-13-15-6-5-11-27-15/h3-12,23H,2,13H2,1H3,(H,22,24). The number of nitrogens with zero attached hydrogens (tertiary/aromatic N) is 1. The van der Waals surface area contributed by atoms with Crippen molar-refractivity contribution in [2.75, 3.05) is 11.9 Å². The lowest BCUT2D eigenvalue weighted by atomic mass is 10.1. The molecule has 0 spiro atoms. The first-order valence-corrected chi connectivity index (χ1v) is 8.47. The molecule has 0 aliphatic heterocycles. The van der Waals surface area contributed by atoms with Gasteiger partial charge in [-0.05, 0) is 43.3 Å². The summed E-state index contributed by atoms with van der Waals surface area (Å²) in [4.78, 5) is 28.3. The topological polar surface area (TPSA) is 93.5 Å². The van der Waals surface area contributed by atoms with Gasteiger partial charge in [0, 0.05) is 0 Å². The number of esters is 1. The largest absolute Gasteiger partial charge is 0.467 e. The molecular formula is C20H19N3O4. The molecule has 3 aromatic rings. The summed E-state index contributed by atoms with van der Waals surface area (Å²) in [5.41, 5.74) is 1.97. The number of furan rings is 1. The minimum absolute atomic E-state index is 0.283. The van der Waals surface area contributed by atoms with E-state index in [0.29, 0.717) is 35.9 Å². The quantitative estimate of drug-likeness (QED) is 0.622. The van der Waals surface area contributed by atoms with E-state index in [0.717, 1.165) is 0 Å². The maximum Gasteiger partial charge on any atom is 0.340 e. The molecule has 1 amide bonds. The Kier molecular flexibility index (Phi) is 5.84. The molecule has 0 aliphatic rings. The van der Waals surface area contributed by atoms with Crippen LogP contribution < -0.4 is 10.6 Å². The van der Waals surface area contributed by atoms with E-state index in [4.69, 9.17) is 9.15 Å². The van der Waals surface area contributed by atoms with Gasteiger partial charge in [0.25, 0.3) is 5.91 Å². The van der Waals surface area contributed by atoms with Crippen molar-refractivity contribution in [3.63, 3.8) is 0 Å². The molecule has 0 saturated carbocycles. The highest BCUT2D eigenvalue weighted by Gasteiger charge is 2.13. The third-order valence-corrected chi connectivity index (χ3v) is 3.70. The van der Waals surface area contributed by atoms with Gasteiger partial charge in [-0.2, -0.15) is 0 Å². The van der Waals surface area contributed by atoms with Gasteiger partial charge in [-0.25, -0.2) is 9.78 Å². The maximum absolute atomic E-state index is 12.1. The zero-order chi connectivity index (χ0) is 19.1. The Hall–Kier alpha value is -3.61. The molecule has 0 atom stereocenters. The van der Waals surface area contributed by atoms with E-state index in [2.05, 4.69) is 15.6 Å². The van der Waals surface area contributed by atoms with Crippen LogP contribution in [0.1, 0.15) is 33.5 Å². The molecule has 138 valence electrons. The molecule has 0 saturated heterocycles. The predicted octanol–water partition coefficient (Wildman–Crippen LogP) is 3.52. The molecule has 7 heteroatoms. The summed E-state index contributed by atoms with van der Waals surface area (Å²) in [5, 5.41) is 5.85. The molecule has 0 aliphatic carbocycles. The van der Waals surface area contributed by atoms with Crippen LogP contribution >= 0.6 is 0 Å². The van der Waals surface area contributed by atoms with Crippen molar-refractivity contribution in [3.05, 3.63) is 78.0 Å². The maximum atomic E-state index is 12.1. The van der Waals surface area contributed by atoms with Gasteiger partial charge in [0.2, 0.25) is 0 Å². The summed E-state index contributed by atoms with van der Waals surface area (Å²) < 4.78 is 10.2. The van der Waals surface area contributed by atoms with Crippen molar-refractivity contribution in [1.29, 1.82) is 0 Å². The van der Waals surface area contributed by atoms with Crippen LogP contribution in [0.4, 0.5) is 11.4 Å². The minimum Gasteiger partial charge on any atom is -0.467 e. The molecule has 0 unspecified atom stereocenters. The summed E-state index contributed by atoms with van der Waals surface area (Å²) >= 11 is 0. The predicted molar refractivity (Wildman–Crippen MR) is 99.8 cm³/mol. The molecule has 2 heterocycles. The summed E-state index contributed by atoms with van der Waals surface area (Å²) in [6.45, 7) is 2.35. The number of amides is 1. The Morgan fingerprint density at radius 2 is 1.96 bits per heavy atom. The highest BCUT2D eigenvalue weighted by Crippen LogP contribution is 2.21. The first-order chi connectivity index (χ1) is 13.2. The van der Waals surface area contributed by atoms with Crippen LogP contribution in [-0.4, -0.2) is 23.5 Å². The van der Waals surface area contributed by atoms with Crippen LogP contribution in [0.15, 0.2) is 65.4 Å². The van der Waals surface area contributed by atoms with Crippen molar-refractivity contribution in [3.8, 4) is 0 Å². The fourth-order valence-electron chi connectivity index (χ4n) is 2.41. The number of aromatic nitrogens is 1. The van der Waals surface area contributed by atoms with Gasteiger partial charge >= 0.3 is 5.97 Å². The summed E-state index contributed by atoms with van der Waals surface area (Å²) in [7, 11) is 0. The van der Waals surface area contributed by atoms with Crippen molar-refractivity contribution < 1.29 is 18.7 Å². The molecule has 0 radical (unpaired) electrons. The molecule has 7 nitrogen and oxygen atoms in total. The fourth-order valence-corrected chi connectivity index (χ4v) is 2.41. The van der Waals surface area contributed by atoms with Crippen LogP contribution in [0, 0.1) is 0 Å². The number of rotatable bonds is 7. The smallest absolute Gasteiger partial charge is 0.340 e. The van der Waals surface area contributed by atoms with Gasteiger partial charge in [0.05, 0.1) is 42.5 Å². The van der Waals surface area contributed by atoms with Gasteiger partial charge in [-0.1, -0.05) is 12.1 Å². The minimum atomic E-state index is -0.400. The molecule has 3 rings (SSSR count). The van der Waals surface area contributed by atoms with E-state index >= 15 is 0 Å². The van der Waals surface area contributed by atoms with E-state index in [1.54, 1.807) is 55.7 Å². The lowest BCUT2D eigenvalue weighted by Crippen LogP contribution is -2.23. The number of carbonyl (C=O) groups excluding carboxylic acids is 2. The highest BCUT2D eigenvalue weighted by molar-refractivity contribution is 5.96. The normalized spacial score (nSPS) is 10.3. The first-order valence-electron chi connectivity index (χ1n) is 8.47. The molecule has 2 N–H and O–H groups in total.